The van der Waals surface area contributed by atoms with Crippen LogP contribution in [0.15, 0.2) is 34.3 Å². The summed E-state index contributed by atoms with van der Waals surface area (Å²) in [5.41, 5.74) is 5.17. The number of hydrogen-bond acceptors (Lipinski definition) is 3. The normalized spacial score (nSPS) is 25.4. The van der Waals surface area contributed by atoms with Crippen LogP contribution >= 0.6 is 0 Å². The smallest absolute Gasteiger partial charge is 0.141 e. The van der Waals surface area contributed by atoms with Crippen molar-refractivity contribution in [2.24, 2.45) is 15.7 Å². The molecule has 0 aliphatic carbocycles. The molecule has 0 radical (unpaired) electrons. The molecular weight excluding hydrogens is 162 g/mol. The number of rotatable bonds is 0. The van der Waals surface area contributed by atoms with E-state index in [9.17, 15) is 0 Å². The molecule has 0 saturated carbocycles. The number of benzene rings is 1. The fraction of sp³-hybridized carbons (Fsp3) is 0.200. The Morgan fingerprint density at radius 1 is 1.31 bits per heavy atom. The second kappa shape index (κ2) is 2.78. The SMILES string of the molecule is CC1(N)C=NC=c2ccccc2=N1. The predicted molar refractivity (Wildman–Crippen MR) is 52.8 cm³/mol. The van der Waals surface area contributed by atoms with Gasteiger partial charge in [0.25, 0.3) is 0 Å². The van der Waals surface area contributed by atoms with E-state index in [0.29, 0.717) is 0 Å². The standard InChI is InChI=1S/C10H11N3/c1-10(11)7-12-6-8-4-2-3-5-9(8)13-10/h2-7H,11H2,1H3. The average Bonchev–Trinajstić information content (AvgIpc) is 2.21. The Morgan fingerprint density at radius 2 is 2.08 bits per heavy atom. The number of nitrogens with two attached hydrogens (primary N) is 1. The number of hydrogen-bond donors (Lipinski definition) is 1. The van der Waals surface area contributed by atoms with Gasteiger partial charge in [0.1, 0.15) is 5.66 Å². The van der Waals surface area contributed by atoms with Crippen LogP contribution in [0, 0.1) is 0 Å². The lowest BCUT2D eigenvalue weighted by Crippen LogP contribution is -2.39. The van der Waals surface area contributed by atoms with Crippen LogP contribution in [-0.2, 0) is 0 Å². The minimum atomic E-state index is -0.691. The molecule has 1 aliphatic heterocycles. The van der Waals surface area contributed by atoms with Crippen LogP contribution in [0.3, 0.4) is 0 Å². The molecule has 0 fully saturated rings. The molecule has 1 aromatic carbocycles. The van der Waals surface area contributed by atoms with Gasteiger partial charge in [0.15, 0.2) is 0 Å². The van der Waals surface area contributed by atoms with Crippen molar-refractivity contribution in [3.05, 3.63) is 34.8 Å². The highest BCUT2D eigenvalue weighted by molar-refractivity contribution is 5.71. The van der Waals surface area contributed by atoms with E-state index in [-0.39, 0.29) is 0 Å². The van der Waals surface area contributed by atoms with Gasteiger partial charge in [-0.25, -0.2) is 0 Å². The molecule has 1 unspecified atom stereocenters. The lowest BCUT2D eigenvalue weighted by atomic mass is 10.2. The van der Waals surface area contributed by atoms with Gasteiger partial charge in [-0.1, -0.05) is 18.2 Å². The van der Waals surface area contributed by atoms with Gasteiger partial charge in [-0.05, 0) is 13.0 Å². The van der Waals surface area contributed by atoms with Crippen LogP contribution in [0.5, 0.6) is 0 Å². The van der Waals surface area contributed by atoms with E-state index in [1.54, 1.807) is 12.4 Å². The molecule has 3 heteroatoms. The van der Waals surface area contributed by atoms with Gasteiger partial charge in [0.2, 0.25) is 0 Å². The summed E-state index contributed by atoms with van der Waals surface area (Å²) in [6.45, 7) is 1.83. The highest BCUT2D eigenvalue weighted by atomic mass is 15.0. The van der Waals surface area contributed by atoms with Crippen LogP contribution in [0.1, 0.15) is 6.92 Å². The Morgan fingerprint density at radius 3 is 2.92 bits per heavy atom. The van der Waals surface area contributed by atoms with E-state index in [0.717, 1.165) is 10.6 Å². The lowest BCUT2D eigenvalue weighted by molar-refractivity contribution is 0.658. The summed E-state index contributed by atoms with van der Waals surface area (Å²) in [7, 11) is 0. The second-order valence-electron chi connectivity index (χ2n) is 3.30. The Bertz CT molecular complexity index is 457. The quantitative estimate of drug-likeness (QED) is 0.580. The molecule has 1 aromatic rings. The van der Waals surface area contributed by atoms with Crippen LogP contribution in [0.4, 0.5) is 0 Å². The molecule has 2 N–H and O–H groups in total. The van der Waals surface area contributed by atoms with Crippen molar-refractivity contribution in [2.75, 3.05) is 0 Å². The van der Waals surface area contributed by atoms with Gasteiger partial charge >= 0.3 is 0 Å². The lowest BCUT2D eigenvalue weighted by Gasteiger charge is -2.10. The summed E-state index contributed by atoms with van der Waals surface area (Å²) in [6, 6.07) is 7.81. The van der Waals surface area contributed by atoms with E-state index >= 15 is 0 Å². The molecule has 0 spiro atoms. The maximum atomic E-state index is 5.86. The monoisotopic (exact) mass is 173 g/mol. The fourth-order valence-corrected chi connectivity index (χ4v) is 1.26. The van der Waals surface area contributed by atoms with Crippen molar-refractivity contribution in [2.45, 2.75) is 12.6 Å². The summed E-state index contributed by atoms with van der Waals surface area (Å²) in [5, 5.41) is 1.90. The van der Waals surface area contributed by atoms with Gasteiger partial charge < -0.3 is 5.73 Å². The summed E-state index contributed by atoms with van der Waals surface area (Å²) >= 11 is 0. The summed E-state index contributed by atoms with van der Waals surface area (Å²) < 4.78 is 0. The number of para-hydroxylation sites is 1. The molecule has 66 valence electrons. The highest BCUT2D eigenvalue weighted by Gasteiger charge is 2.12. The molecule has 0 aromatic heterocycles. The molecular formula is C10H11N3. The second-order valence-corrected chi connectivity index (χ2v) is 3.30. The molecule has 0 bridgehead atoms. The van der Waals surface area contributed by atoms with Crippen molar-refractivity contribution in [1.82, 2.24) is 0 Å². The largest absolute Gasteiger partial charge is 0.303 e. The minimum absolute atomic E-state index is 0.691. The molecule has 3 nitrogen and oxygen atoms in total. The number of nitrogens with zero attached hydrogens (tertiary/aromatic N) is 2. The Hall–Kier alpha value is -1.48. The maximum Gasteiger partial charge on any atom is 0.141 e. The summed E-state index contributed by atoms with van der Waals surface area (Å²) in [5.74, 6) is 0. The number of fused-ring (bicyclic) bond motifs is 1. The van der Waals surface area contributed by atoms with Crippen LogP contribution in [-0.4, -0.2) is 11.9 Å². The molecule has 1 aliphatic rings. The first-order valence-electron chi connectivity index (χ1n) is 4.16. The van der Waals surface area contributed by atoms with Crippen molar-refractivity contribution in [3.63, 3.8) is 0 Å². The van der Waals surface area contributed by atoms with Gasteiger partial charge in [-0.3, -0.25) is 9.98 Å². The third-order valence-corrected chi connectivity index (χ3v) is 1.85. The Kier molecular flexibility index (Phi) is 1.74. The molecule has 1 heterocycles. The van der Waals surface area contributed by atoms with Gasteiger partial charge in [0, 0.05) is 17.6 Å². The third kappa shape index (κ3) is 1.65. The van der Waals surface area contributed by atoms with Gasteiger partial charge in [-0.2, -0.15) is 0 Å². The summed E-state index contributed by atoms with van der Waals surface area (Å²) in [6.07, 6.45) is 3.42. The van der Waals surface area contributed by atoms with E-state index < -0.39 is 5.66 Å². The zero-order valence-electron chi connectivity index (χ0n) is 7.44. The minimum Gasteiger partial charge on any atom is -0.303 e. The van der Waals surface area contributed by atoms with Crippen LogP contribution in [0.25, 0.3) is 6.20 Å². The first-order chi connectivity index (χ1) is 6.17. The molecule has 0 amide bonds. The highest BCUT2D eigenvalue weighted by Crippen LogP contribution is 1.96. The third-order valence-electron chi connectivity index (χ3n) is 1.85. The first-order valence-corrected chi connectivity index (χ1v) is 4.16. The number of aliphatic imine (C=N–C) groups is 1. The molecule has 0 saturated heterocycles. The van der Waals surface area contributed by atoms with Crippen molar-refractivity contribution in [1.29, 1.82) is 0 Å². The van der Waals surface area contributed by atoms with E-state index in [1.165, 1.54) is 0 Å². The molecule has 2 rings (SSSR count). The van der Waals surface area contributed by atoms with E-state index in [1.807, 2.05) is 31.2 Å². The van der Waals surface area contributed by atoms with Gasteiger partial charge in [0.05, 0.1) is 5.36 Å². The van der Waals surface area contributed by atoms with Crippen molar-refractivity contribution < 1.29 is 0 Å². The van der Waals surface area contributed by atoms with Crippen LogP contribution in [0.2, 0.25) is 0 Å². The molecule has 1 atom stereocenters. The average molecular weight is 173 g/mol. The fourth-order valence-electron chi connectivity index (χ4n) is 1.26. The topological polar surface area (TPSA) is 50.7 Å². The zero-order chi connectivity index (χ0) is 9.31. The first kappa shape index (κ1) is 8.13. The zero-order valence-corrected chi connectivity index (χ0v) is 7.44. The van der Waals surface area contributed by atoms with E-state index in [4.69, 9.17) is 5.73 Å². The van der Waals surface area contributed by atoms with Crippen LogP contribution < -0.4 is 16.3 Å². The molecule has 13 heavy (non-hydrogen) atoms. The van der Waals surface area contributed by atoms with E-state index in [2.05, 4.69) is 9.98 Å². The summed E-state index contributed by atoms with van der Waals surface area (Å²) in [4.78, 5) is 8.46. The maximum absolute atomic E-state index is 5.86. The van der Waals surface area contributed by atoms with Crippen molar-refractivity contribution in [3.8, 4) is 0 Å². The Balaban J connectivity index is 2.77. The van der Waals surface area contributed by atoms with Crippen molar-refractivity contribution >= 4 is 12.4 Å². The predicted octanol–water partition coefficient (Wildman–Crippen LogP) is -0.197. The Labute approximate surface area is 76.3 Å². The van der Waals surface area contributed by atoms with Gasteiger partial charge in [-0.15, -0.1) is 0 Å².